The lowest BCUT2D eigenvalue weighted by Gasteiger charge is -2.25. The fourth-order valence-corrected chi connectivity index (χ4v) is 12.7. The van der Waals surface area contributed by atoms with Crippen LogP contribution in [-0.4, -0.2) is 0 Å². The summed E-state index contributed by atoms with van der Waals surface area (Å²) in [5.41, 5.74) is 14.9. The predicted octanol–water partition coefficient (Wildman–Crippen LogP) is 20.9. The molecule has 15 rings (SSSR count). The lowest BCUT2D eigenvalue weighted by atomic mass is 9.78. The molecule has 0 heteroatoms. The van der Waals surface area contributed by atoms with Gasteiger partial charge in [0, 0.05) is 0 Å². The number of hydrogen-bond acceptors (Lipinski definition) is 0. The molecule has 0 saturated carbocycles. The van der Waals surface area contributed by atoms with E-state index in [0.29, 0.717) is 0 Å². The Morgan fingerprint density at radius 3 is 0.757 bits per heavy atom. The van der Waals surface area contributed by atoms with Crippen molar-refractivity contribution < 1.29 is 0 Å². The standard InChI is InChI=1S/C74H46/c1-3-23-47(24-4-1)53-44-43-49-27-9-10-30-52(49)69(53)70-58-35-15-17-37-60(58)73(61-38-18-16-36-59(61)70)74-64-41-21-19-39-62(64)72(63-40-20-22-42-65(63)74)71-56-33-13-11-31-54(56)68(55-32-12-14-34-57(55)71)67-46-51-29-8-7-28-50(51)45-66(67)48-25-5-2-6-26-48/h1-46H. The van der Waals surface area contributed by atoms with Crippen molar-refractivity contribution in [1.29, 1.82) is 0 Å². The minimum absolute atomic E-state index is 1.21. The van der Waals surface area contributed by atoms with Crippen molar-refractivity contribution in [3.8, 4) is 66.8 Å². The van der Waals surface area contributed by atoms with E-state index in [1.165, 1.54) is 153 Å². The van der Waals surface area contributed by atoms with Gasteiger partial charge in [0.25, 0.3) is 0 Å². The van der Waals surface area contributed by atoms with Gasteiger partial charge in [0.05, 0.1) is 0 Å². The van der Waals surface area contributed by atoms with Crippen LogP contribution in [-0.2, 0) is 0 Å². The van der Waals surface area contributed by atoms with Gasteiger partial charge in [-0.3, -0.25) is 0 Å². The van der Waals surface area contributed by atoms with E-state index in [0.717, 1.165) is 0 Å². The highest BCUT2D eigenvalue weighted by molar-refractivity contribution is 6.34. The van der Waals surface area contributed by atoms with Gasteiger partial charge in [-0.25, -0.2) is 0 Å². The fraction of sp³-hybridized carbons (Fsp3) is 0. The molecule has 15 aromatic carbocycles. The minimum atomic E-state index is 1.21. The monoisotopic (exact) mass is 934 g/mol. The second kappa shape index (κ2) is 17.0. The first kappa shape index (κ1) is 42.1. The summed E-state index contributed by atoms with van der Waals surface area (Å²) in [5, 5.41) is 19.8. The molecular formula is C74H46. The average Bonchev–Trinajstić information content (AvgIpc) is 3.47. The Kier molecular flexibility index (Phi) is 9.68. The molecule has 0 aliphatic rings. The van der Waals surface area contributed by atoms with Gasteiger partial charge in [-0.05, 0) is 165 Å². The van der Waals surface area contributed by atoms with E-state index < -0.39 is 0 Å². The summed E-state index contributed by atoms with van der Waals surface area (Å²) in [5.74, 6) is 0. The van der Waals surface area contributed by atoms with E-state index in [-0.39, 0.29) is 0 Å². The van der Waals surface area contributed by atoms with Gasteiger partial charge < -0.3 is 0 Å². The molecule has 0 spiro atoms. The zero-order valence-electron chi connectivity index (χ0n) is 40.6. The molecule has 0 aromatic heterocycles. The van der Waals surface area contributed by atoms with Crippen LogP contribution in [0.15, 0.2) is 279 Å². The van der Waals surface area contributed by atoms with Gasteiger partial charge in [-0.1, -0.05) is 267 Å². The normalized spacial score (nSPS) is 11.8. The minimum Gasteiger partial charge on any atom is -0.0622 e. The van der Waals surface area contributed by atoms with Gasteiger partial charge in [0.2, 0.25) is 0 Å². The maximum absolute atomic E-state index is 2.42. The second-order valence-corrected chi connectivity index (χ2v) is 19.7. The summed E-state index contributed by atoms with van der Waals surface area (Å²) in [7, 11) is 0. The zero-order chi connectivity index (χ0) is 48.7. The van der Waals surface area contributed by atoms with Crippen LogP contribution in [0.4, 0.5) is 0 Å². The van der Waals surface area contributed by atoms with Gasteiger partial charge in [0.15, 0.2) is 0 Å². The molecule has 0 atom stereocenters. The Bertz CT molecular complexity index is 4580. The molecule has 0 heterocycles. The molecule has 0 aliphatic carbocycles. The number of benzene rings is 15. The Balaban J connectivity index is 1.06. The summed E-state index contributed by atoms with van der Waals surface area (Å²) in [6, 6.07) is 104. The molecular weight excluding hydrogens is 889 g/mol. The third-order valence-electron chi connectivity index (χ3n) is 15.8. The average molecular weight is 935 g/mol. The highest BCUT2D eigenvalue weighted by Gasteiger charge is 2.27. The first-order chi connectivity index (χ1) is 36.8. The zero-order valence-corrected chi connectivity index (χ0v) is 40.6. The molecule has 15 aromatic rings. The van der Waals surface area contributed by atoms with Crippen LogP contribution in [0.3, 0.4) is 0 Å². The Labute approximate surface area is 429 Å². The molecule has 0 amide bonds. The highest BCUT2D eigenvalue weighted by atomic mass is 14.3. The smallest absolute Gasteiger partial charge is 0.00139 e. The molecule has 0 saturated heterocycles. The van der Waals surface area contributed by atoms with Gasteiger partial charge >= 0.3 is 0 Å². The summed E-state index contributed by atoms with van der Waals surface area (Å²) >= 11 is 0. The maximum Gasteiger partial charge on any atom is -0.00139 e. The summed E-state index contributed by atoms with van der Waals surface area (Å²) in [4.78, 5) is 0. The van der Waals surface area contributed by atoms with Crippen LogP contribution in [0.5, 0.6) is 0 Å². The Morgan fingerprint density at radius 1 is 0.135 bits per heavy atom. The Morgan fingerprint density at radius 2 is 0.392 bits per heavy atom. The first-order valence-corrected chi connectivity index (χ1v) is 25.8. The summed E-state index contributed by atoms with van der Waals surface area (Å²) in [6.45, 7) is 0. The SMILES string of the molecule is c1ccc(-c2cc3ccccc3cc2-c2c3ccccc3c(-c3c4ccccc4c(-c4c5ccccc5c(-c5c(-c6ccccc6)ccc6ccccc56)c5ccccc45)c4ccccc34)c3ccccc23)cc1. The van der Waals surface area contributed by atoms with E-state index >= 15 is 0 Å². The largest absolute Gasteiger partial charge is 0.0622 e. The van der Waals surface area contributed by atoms with Crippen molar-refractivity contribution in [3.05, 3.63) is 279 Å². The molecule has 0 nitrogen and oxygen atoms in total. The maximum atomic E-state index is 2.42. The molecule has 342 valence electrons. The number of rotatable bonds is 6. The molecule has 0 bridgehead atoms. The van der Waals surface area contributed by atoms with Crippen LogP contribution in [0.25, 0.3) is 153 Å². The van der Waals surface area contributed by atoms with Crippen molar-refractivity contribution in [1.82, 2.24) is 0 Å². The lowest BCUT2D eigenvalue weighted by Crippen LogP contribution is -1.97. The van der Waals surface area contributed by atoms with E-state index in [4.69, 9.17) is 0 Å². The third kappa shape index (κ3) is 6.42. The van der Waals surface area contributed by atoms with Gasteiger partial charge in [0.1, 0.15) is 0 Å². The van der Waals surface area contributed by atoms with Crippen molar-refractivity contribution in [2.75, 3.05) is 0 Å². The van der Waals surface area contributed by atoms with Gasteiger partial charge in [-0.2, -0.15) is 0 Å². The third-order valence-corrected chi connectivity index (χ3v) is 15.8. The van der Waals surface area contributed by atoms with Crippen molar-refractivity contribution in [2.24, 2.45) is 0 Å². The van der Waals surface area contributed by atoms with Gasteiger partial charge in [-0.15, -0.1) is 0 Å². The van der Waals surface area contributed by atoms with E-state index in [9.17, 15) is 0 Å². The van der Waals surface area contributed by atoms with Crippen LogP contribution in [0.2, 0.25) is 0 Å². The second-order valence-electron chi connectivity index (χ2n) is 19.7. The summed E-state index contributed by atoms with van der Waals surface area (Å²) < 4.78 is 0. The topological polar surface area (TPSA) is 0 Å². The molecule has 0 fully saturated rings. The van der Waals surface area contributed by atoms with Crippen molar-refractivity contribution in [2.45, 2.75) is 0 Å². The molecule has 0 radical (unpaired) electrons. The summed E-state index contributed by atoms with van der Waals surface area (Å²) in [6.07, 6.45) is 0. The number of hydrogen-bond donors (Lipinski definition) is 0. The number of fused-ring (bicyclic) bond motifs is 8. The van der Waals surface area contributed by atoms with Crippen LogP contribution >= 0.6 is 0 Å². The van der Waals surface area contributed by atoms with Crippen LogP contribution < -0.4 is 0 Å². The van der Waals surface area contributed by atoms with Crippen molar-refractivity contribution >= 4 is 86.2 Å². The van der Waals surface area contributed by atoms with E-state index in [1.54, 1.807) is 0 Å². The molecule has 74 heavy (non-hydrogen) atoms. The van der Waals surface area contributed by atoms with Crippen molar-refractivity contribution in [3.63, 3.8) is 0 Å². The molecule has 0 unspecified atom stereocenters. The lowest BCUT2D eigenvalue weighted by molar-refractivity contribution is 1.63. The highest BCUT2D eigenvalue weighted by Crippen LogP contribution is 2.55. The quantitative estimate of drug-likeness (QED) is 0.146. The molecule has 0 N–H and O–H groups in total. The van der Waals surface area contributed by atoms with Crippen LogP contribution in [0.1, 0.15) is 0 Å². The van der Waals surface area contributed by atoms with E-state index in [1.807, 2.05) is 0 Å². The predicted molar refractivity (Wildman–Crippen MR) is 319 cm³/mol. The Hall–Kier alpha value is -9.62. The molecule has 0 aliphatic heterocycles. The fourth-order valence-electron chi connectivity index (χ4n) is 12.7. The first-order valence-electron chi connectivity index (χ1n) is 25.8. The van der Waals surface area contributed by atoms with E-state index in [2.05, 4.69) is 279 Å². The van der Waals surface area contributed by atoms with Crippen LogP contribution in [0, 0.1) is 0 Å².